The Morgan fingerprint density at radius 2 is 2.25 bits per heavy atom. The third-order valence-electron chi connectivity index (χ3n) is 2.89. The van der Waals surface area contributed by atoms with Crippen molar-refractivity contribution in [2.24, 2.45) is 11.8 Å². The van der Waals surface area contributed by atoms with Crippen molar-refractivity contribution in [1.29, 1.82) is 0 Å². The summed E-state index contributed by atoms with van der Waals surface area (Å²) in [5.74, 6) is 0.582. The number of likely N-dealkylation sites (tertiary alicyclic amines) is 1. The predicted molar refractivity (Wildman–Crippen MR) is 40.8 cm³/mol. The van der Waals surface area contributed by atoms with Crippen molar-refractivity contribution in [1.82, 2.24) is 4.90 Å². The lowest BCUT2D eigenvalue weighted by Crippen LogP contribution is -2.28. The van der Waals surface area contributed by atoms with Gasteiger partial charge < -0.3 is 10.0 Å². The highest BCUT2D eigenvalue weighted by Crippen LogP contribution is 2.35. The average molecular weight is 169 g/mol. The van der Waals surface area contributed by atoms with Crippen LogP contribution in [0.5, 0.6) is 0 Å². The van der Waals surface area contributed by atoms with E-state index in [0.717, 1.165) is 6.42 Å². The molecule has 2 atom stereocenters. The van der Waals surface area contributed by atoms with Crippen LogP contribution in [0, 0.1) is 11.8 Å². The Labute approximate surface area is 70.2 Å². The molecule has 66 valence electrons. The molecule has 0 radical (unpaired) electrons. The number of rotatable bonds is 0. The van der Waals surface area contributed by atoms with E-state index in [-0.39, 0.29) is 11.7 Å². The van der Waals surface area contributed by atoms with Crippen LogP contribution in [0.25, 0.3) is 0 Å². The lowest BCUT2D eigenvalue weighted by Gasteiger charge is -2.11. The fourth-order valence-electron chi connectivity index (χ4n) is 2.20. The van der Waals surface area contributed by atoms with Crippen LogP contribution < -0.4 is 0 Å². The number of amides is 1. The highest BCUT2D eigenvalue weighted by Gasteiger charge is 2.43. The molecule has 4 nitrogen and oxygen atoms in total. The molecular weight excluding hydrogens is 158 g/mol. The topological polar surface area (TPSA) is 57.6 Å². The van der Waals surface area contributed by atoms with E-state index >= 15 is 0 Å². The maximum absolute atomic E-state index is 11.2. The molecular formula is C8H11NO3. The quantitative estimate of drug-likeness (QED) is 0.577. The van der Waals surface area contributed by atoms with Crippen LogP contribution in [0.1, 0.15) is 12.8 Å². The highest BCUT2D eigenvalue weighted by atomic mass is 16.4. The molecule has 2 fully saturated rings. The van der Waals surface area contributed by atoms with E-state index in [1.54, 1.807) is 0 Å². The number of carboxylic acid groups (broad SMARTS) is 1. The summed E-state index contributed by atoms with van der Waals surface area (Å²) in [5.41, 5.74) is 0. The standard InChI is InChI=1S/C8H11NO3/c10-7-2-1-5-3-9(8(11)12)4-6(5)7/h5-6H,1-4H2,(H,11,12)/t5-,6+/m1/s1. The van der Waals surface area contributed by atoms with Crippen LogP contribution in [0.15, 0.2) is 0 Å². The molecule has 1 heterocycles. The lowest BCUT2D eigenvalue weighted by atomic mass is 10.0. The zero-order chi connectivity index (χ0) is 8.72. The molecule has 4 heteroatoms. The SMILES string of the molecule is O=C1CC[C@@H]2CN(C(=O)O)C[C@H]12. The van der Waals surface area contributed by atoms with Crippen LogP contribution in [-0.2, 0) is 4.79 Å². The van der Waals surface area contributed by atoms with Crippen LogP contribution in [0.4, 0.5) is 4.79 Å². The van der Waals surface area contributed by atoms with Gasteiger partial charge in [-0.25, -0.2) is 4.79 Å². The summed E-state index contributed by atoms with van der Waals surface area (Å²) in [6.07, 6.45) is 0.646. The first-order chi connectivity index (χ1) is 5.68. The van der Waals surface area contributed by atoms with E-state index in [1.807, 2.05) is 0 Å². The van der Waals surface area contributed by atoms with Gasteiger partial charge in [-0.3, -0.25) is 4.79 Å². The van der Waals surface area contributed by atoms with Crippen molar-refractivity contribution in [3.8, 4) is 0 Å². The molecule has 0 aromatic heterocycles. The first-order valence-electron chi connectivity index (χ1n) is 4.19. The Hall–Kier alpha value is -1.06. The molecule has 1 aliphatic carbocycles. The van der Waals surface area contributed by atoms with Gasteiger partial charge in [0.25, 0.3) is 0 Å². The summed E-state index contributed by atoms with van der Waals surface area (Å²) < 4.78 is 0. The van der Waals surface area contributed by atoms with E-state index in [4.69, 9.17) is 5.11 Å². The molecule has 0 unspecified atom stereocenters. The minimum Gasteiger partial charge on any atom is -0.465 e. The number of Topliss-reactive ketones (excluding diaryl/α,β-unsaturated/α-hetero) is 1. The van der Waals surface area contributed by atoms with E-state index in [0.29, 0.717) is 25.4 Å². The third kappa shape index (κ3) is 0.983. The molecule has 2 aliphatic rings. The van der Waals surface area contributed by atoms with Crippen molar-refractivity contribution in [3.05, 3.63) is 0 Å². The summed E-state index contributed by atoms with van der Waals surface area (Å²) in [7, 11) is 0. The van der Waals surface area contributed by atoms with Gasteiger partial charge in [-0.15, -0.1) is 0 Å². The Morgan fingerprint density at radius 1 is 1.50 bits per heavy atom. The summed E-state index contributed by atoms with van der Waals surface area (Å²) in [6, 6.07) is 0. The van der Waals surface area contributed by atoms with Gasteiger partial charge in [0.05, 0.1) is 0 Å². The second-order valence-electron chi connectivity index (χ2n) is 3.56. The van der Waals surface area contributed by atoms with Gasteiger partial charge in [-0.05, 0) is 12.3 Å². The predicted octanol–water partition coefficient (Wildman–Crippen LogP) is 0.575. The van der Waals surface area contributed by atoms with Gasteiger partial charge in [-0.1, -0.05) is 0 Å². The summed E-state index contributed by atoms with van der Waals surface area (Å²) in [6.45, 7) is 0.991. The lowest BCUT2D eigenvalue weighted by molar-refractivity contribution is -0.120. The first-order valence-corrected chi connectivity index (χ1v) is 4.19. The number of hydrogen-bond donors (Lipinski definition) is 1. The van der Waals surface area contributed by atoms with Crippen LogP contribution in [-0.4, -0.2) is 35.0 Å². The van der Waals surface area contributed by atoms with Crippen LogP contribution in [0.3, 0.4) is 0 Å². The normalized spacial score (nSPS) is 34.0. The van der Waals surface area contributed by atoms with Gasteiger partial charge in [-0.2, -0.15) is 0 Å². The van der Waals surface area contributed by atoms with Crippen molar-refractivity contribution in [3.63, 3.8) is 0 Å². The maximum Gasteiger partial charge on any atom is 0.407 e. The Morgan fingerprint density at radius 3 is 2.83 bits per heavy atom. The Kier molecular flexibility index (Phi) is 1.56. The van der Waals surface area contributed by atoms with Crippen molar-refractivity contribution < 1.29 is 14.7 Å². The summed E-state index contributed by atoms with van der Waals surface area (Å²) in [5, 5.41) is 8.67. The van der Waals surface area contributed by atoms with Crippen molar-refractivity contribution in [2.45, 2.75) is 12.8 Å². The van der Waals surface area contributed by atoms with E-state index in [2.05, 4.69) is 0 Å². The van der Waals surface area contributed by atoms with Crippen molar-refractivity contribution >= 4 is 11.9 Å². The van der Waals surface area contributed by atoms with Gasteiger partial charge >= 0.3 is 6.09 Å². The molecule has 1 saturated heterocycles. The molecule has 0 spiro atoms. The molecule has 0 bridgehead atoms. The van der Waals surface area contributed by atoms with Crippen molar-refractivity contribution in [2.75, 3.05) is 13.1 Å². The Bertz CT molecular complexity index is 238. The molecule has 0 aromatic rings. The van der Waals surface area contributed by atoms with E-state index < -0.39 is 6.09 Å². The second-order valence-corrected chi connectivity index (χ2v) is 3.56. The number of hydrogen-bond acceptors (Lipinski definition) is 2. The number of ketones is 1. The zero-order valence-corrected chi connectivity index (χ0v) is 6.69. The second kappa shape index (κ2) is 2.47. The molecule has 1 amide bonds. The van der Waals surface area contributed by atoms with E-state index in [1.165, 1.54) is 4.90 Å². The maximum atomic E-state index is 11.2. The minimum absolute atomic E-state index is 0.0149. The third-order valence-corrected chi connectivity index (χ3v) is 2.89. The fraction of sp³-hybridized carbons (Fsp3) is 0.750. The van der Waals surface area contributed by atoms with Crippen LogP contribution in [0.2, 0.25) is 0 Å². The number of carbonyl (C=O) groups excluding carboxylic acids is 1. The monoisotopic (exact) mass is 169 g/mol. The largest absolute Gasteiger partial charge is 0.465 e. The van der Waals surface area contributed by atoms with Gasteiger partial charge in [0, 0.05) is 25.4 Å². The first kappa shape index (κ1) is 7.58. The summed E-state index contributed by atoms with van der Waals surface area (Å²) >= 11 is 0. The smallest absolute Gasteiger partial charge is 0.407 e. The van der Waals surface area contributed by atoms with Crippen LogP contribution >= 0.6 is 0 Å². The number of fused-ring (bicyclic) bond motifs is 1. The fourth-order valence-corrected chi connectivity index (χ4v) is 2.20. The molecule has 1 saturated carbocycles. The molecule has 1 aliphatic heterocycles. The molecule has 12 heavy (non-hydrogen) atoms. The molecule has 0 aromatic carbocycles. The molecule has 1 N–H and O–H groups in total. The van der Waals surface area contributed by atoms with Gasteiger partial charge in [0.2, 0.25) is 0 Å². The zero-order valence-electron chi connectivity index (χ0n) is 6.69. The number of carbonyl (C=O) groups is 2. The van der Waals surface area contributed by atoms with Gasteiger partial charge in [0.15, 0.2) is 0 Å². The van der Waals surface area contributed by atoms with E-state index in [9.17, 15) is 9.59 Å². The van der Waals surface area contributed by atoms with Gasteiger partial charge in [0.1, 0.15) is 5.78 Å². The minimum atomic E-state index is -0.891. The highest BCUT2D eigenvalue weighted by molar-refractivity contribution is 5.85. The Balaban J connectivity index is 2.07. The summed E-state index contributed by atoms with van der Waals surface area (Å²) in [4.78, 5) is 23.1. The number of nitrogens with zero attached hydrogens (tertiary/aromatic N) is 1. The molecule has 2 rings (SSSR count). The average Bonchev–Trinajstić information content (AvgIpc) is 2.53.